The van der Waals surface area contributed by atoms with Crippen molar-refractivity contribution >= 4 is 11.6 Å². The number of pyridine rings is 1. The van der Waals surface area contributed by atoms with E-state index < -0.39 is 0 Å². The second kappa shape index (κ2) is 7.91. The maximum absolute atomic E-state index is 12.8. The van der Waals surface area contributed by atoms with Gasteiger partial charge in [0.25, 0.3) is 5.91 Å². The Morgan fingerprint density at radius 3 is 2.66 bits per heavy atom. The molecule has 148 valence electrons. The summed E-state index contributed by atoms with van der Waals surface area (Å²) in [6.07, 6.45) is 6.31. The topological polar surface area (TPSA) is 64.2 Å². The van der Waals surface area contributed by atoms with Crippen LogP contribution < -0.4 is 5.32 Å². The molecule has 0 radical (unpaired) electrons. The Balaban J connectivity index is 1.48. The van der Waals surface area contributed by atoms with Crippen LogP contribution in [0.15, 0.2) is 61.1 Å². The minimum Gasteiger partial charge on any atom is -0.352 e. The van der Waals surface area contributed by atoms with E-state index in [4.69, 9.17) is 0 Å². The second-order valence-corrected chi connectivity index (χ2v) is 7.55. The van der Waals surface area contributed by atoms with Gasteiger partial charge in [0, 0.05) is 25.4 Å². The highest BCUT2D eigenvalue weighted by atomic mass is 16.1. The van der Waals surface area contributed by atoms with Crippen molar-refractivity contribution in [1.82, 2.24) is 24.5 Å². The largest absolute Gasteiger partial charge is 0.352 e. The molecular weight excluding hydrogens is 362 g/mol. The Hall–Kier alpha value is -3.41. The number of nitrogens with one attached hydrogen (secondary N) is 1. The lowest BCUT2D eigenvalue weighted by Crippen LogP contribution is -2.26. The molecule has 6 nitrogen and oxygen atoms in total. The molecule has 0 spiro atoms. The van der Waals surface area contributed by atoms with E-state index >= 15 is 0 Å². The van der Waals surface area contributed by atoms with Gasteiger partial charge in [-0.25, -0.2) is 9.67 Å². The Kier molecular flexibility index (Phi) is 5.16. The van der Waals surface area contributed by atoms with Crippen LogP contribution in [0.5, 0.6) is 0 Å². The van der Waals surface area contributed by atoms with Crippen molar-refractivity contribution in [3.8, 4) is 5.69 Å². The minimum absolute atomic E-state index is 0.101. The number of carbonyl (C=O) groups is 1. The van der Waals surface area contributed by atoms with Gasteiger partial charge < -0.3 is 9.72 Å². The molecule has 0 aliphatic carbocycles. The molecule has 6 heteroatoms. The van der Waals surface area contributed by atoms with Gasteiger partial charge in [0.05, 0.1) is 28.8 Å². The number of aromatic nitrogens is 4. The third kappa shape index (κ3) is 3.92. The molecule has 3 aromatic heterocycles. The zero-order valence-corrected chi connectivity index (χ0v) is 17.0. The predicted molar refractivity (Wildman–Crippen MR) is 114 cm³/mol. The van der Waals surface area contributed by atoms with Crippen LogP contribution in [0.1, 0.15) is 47.1 Å². The zero-order valence-electron chi connectivity index (χ0n) is 17.0. The zero-order chi connectivity index (χ0) is 20.4. The molecule has 0 fully saturated rings. The fraction of sp³-hybridized carbons (Fsp3) is 0.261. The number of amides is 1. The van der Waals surface area contributed by atoms with Crippen molar-refractivity contribution < 1.29 is 4.79 Å². The summed E-state index contributed by atoms with van der Waals surface area (Å²) in [4.78, 5) is 17.4. The van der Waals surface area contributed by atoms with Gasteiger partial charge in [0.1, 0.15) is 5.65 Å². The van der Waals surface area contributed by atoms with E-state index in [0.29, 0.717) is 18.5 Å². The molecule has 1 aromatic carbocycles. The second-order valence-electron chi connectivity index (χ2n) is 7.55. The summed E-state index contributed by atoms with van der Waals surface area (Å²) in [5.41, 5.74) is 5.56. The highest BCUT2D eigenvalue weighted by Gasteiger charge is 2.20. The molecule has 0 unspecified atom stereocenters. The Labute approximate surface area is 170 Å². The van der Waals surface area contributed by atoms with Gasteiger partial charge >= 0.3 is 0 Å². The quantitative estimate of drug-likeness (QED) is 0.545. The van der Waals surface area contributed by atoms with Crippen LogP contribution in [0.4, 0.5) is 0 Å². The normalized spacial score (nSPS) is 11.3. The first-order chi connectivity index (χ1) is 14.0. The third-order valence-electron chi connectivity index (χ3n) is 4.96. The first-order valence-corrected chi connectivity index (χ1v) is 9.88. The molecular formula is C23H25N5O. The Bertz CT molecular complexity index is 1100. The van der Waals surface area contributed by atoms with Gasteiger partial charge in [0.15, 0.2) is 0 Å². The third-order valence-corrected chi connectivity index (χ3v) is 4.96. The van der Waals surface area contributed by atoms with E-state index in [2.05, 4.69) is 48.3 Å². The fourth-order valence-electron chi connectivity index (χ4n) is 3.49. The summed E-state index contributed by atoms with van der Waals surface area (Å²) in [6.45, 7) is 6.73. The number of aryl methyl sites for hydroxylation is 1. The Morgan fingerprint density at radius 2 is 1.93 bits per heavy atom. The molecule has 0 atom stereocenters. The summed E-state index contributed by atoms with van der Waals surface area (Å²) in [7, 11) is 0. The molecule has 29 heavy (non-hydrogen) atoms. The highest BCUT2D eigenvalue weighted by Crippen LogP contribution is 2.23. The molecule has 0 aliphatic rings. The lowest BCUT2D eigenvalue weighted by molar-refractivity contribution is 0.0952. The van der Waals surface area contributed by atoms with Crippen molar-refractivity contribution in [2.24, 2.45) is 0 Å². The monoisotopic (exact) mass is 387 g/mol. The van der Waals surface area contributed by atoms with Crippen LogP contribution in [0, 0.1) is 6.92 Å². The molecule has 0 saturated carbocycles. The van der Waals surface area contributed by atoms with Crippen LogP contribution in [0.3, 0.4) is 0 Å². The van der Waals surface area contributed by atoms with Gasteiger partial charge in [0.2, 0.25) is 0 Å². The minimum atomic E-state index is -0.101. The maximum Gasteiger partial charge on any atom is 0.254 e. The van der Waals surface area contributed by atoms with Crippen molar-refractivity contribution in [3.63, 3.8) is 0 Å². The highest BCUT2D eigenvalue weighted by molar-refractivity contribution is 5.95. The van der Waals surface area contributed by atoms with Gasteiger partial charge in [-0.05, 0) is 37.1 Å². The van der Waals surface area contributed by atoms with E-state index in [1.165, 1.54) is 5.56 Å². The van der Waals surface area contributed by atoms with Crippen molar-refractivity contribution in [2.75, 3.05) is 6.54 Å². The number of hydrogen-bond acceptors (Lipinski definition) is 3. The number of carbonyl (C=O) groups excluding carboxylic acids is 1. The maximum atomic E-state index is 12.8. The summed E-state index contributed by atoms with van der Waals surface area (Å²) in [5.74, 6) is 0.0637. The van der Waals surface area contributed by atoms with Crippen LogP contribution in [0.2, 0.25) is 0 Å². The molecule has 0 saturated heterocycles. The standard InChI is InChI=1S/C23H25N5O/c1-16(2)22-20(14-25-28(22)19-9-7-17(3)8-10-19)23(29)24-12-11-18-15-27-13-5-4-6-21(27)26-18/h4-10,13-16H,11-12H2,1-3H3,(H,24,29). The van der Waals surface area contributed by atoms with Crippen LogP contribution in [-0.4, -0.2) is 31.6 Å². The molecule has 0 aliphatic heterocycles. The van der Waals surface area contributed by atoms with Gasteiger partial charge in [-0.3, -0.25) is 4.79 Å². The predicted octanol–water partition coefficient (Wildman–Crippen LogP) is 3.92. The lowest BCUT2D eigenvalue weighted by Gasteiger charge is -2.13. The first-order valence-electron chi connectivity index (χ1n) is 9.88. The number of benzene rings is 1. The number of rotatable bonds is 6. The molecule has 0 bridgehead atoms. The molecule has 4 aromatic rings. The Morgan fingerprint density at radius 1 is 1.14 bits per heavy atom. The van der Waals surface area contributed by atoms with Gasteiger partial charge in [-0.15, -0.1) is 0 Å². The van der Waals surface area contributed by atoms with E-state index in [0.717, 1.165) is 22.7 Å². The summed E-state index contributed by atoms with van der Waals surface area (Å²) < 4.78 is 3.85. The van der Waals surface area contributed by atoms with Crippen LogP contribution >= 0.6 is 0 Å². The van der Waals surface area contributed by atoms with Crippen molar-refractivity contribution in [3.05, 3.63) is 83.6 Å². The number of fused-ring (bicyclic) bond motifs is 1. The van der Waals surface area contributed by atoms with E-state index in [9.17, 15) is 4.79 Å². The van der Waals surface area contributed by atoms with E-state index in [-0.39, 0.29) is 11.8 Å². The van der Waals surface area contributed by atoms with E-state index in [1.54, 1.807) is 6.20 Å². The van der Waals surface area contributed by atoms with Crippen molar-refractivity contribution in [2.45, 2.75) is 33.1 Å². The van der Waals surface area contributed by atoms with Crippen LogP contribution in [-0.2, 0) is 6.42 Å². The SMILES string of the molecule is Cc1ccc(-n2ncc(C(=O)NCCc3cn4ccccc4n3)c2C(C)C)cc1. The fourth-order valence-corrected chi connectivity index (χ4v) is 3.49. The smallest absolute Gasteiger partial charge is 0.254 e. The summed E-state index contributed by atoms with van der Waals surface area (Å²) in [5, 5.41) is 7.51. The average molecular weight is 387 g/mol. The number of hydrogen-bond donors (Lipinski definition) is 1. The van der Waals surface area contributed by atoms with Gasteiger partial charge in [-0.2, -0.15) is 5.10 Å². The molecule has 1 amide bonds. The van der Waals surface area contributed by atoms with Gasteiger partial charge in [-0.1, -0.05) is 37.6 Å². The van der Waals surface area contributed by atoms with Crippen LogP contribution in [0.25, 0.3) is 11.3 Å². The summed E-state index contributed by atoms with van der Waals surface area (Å²) in [6, 6.07) is 14.1. The summed E-state index contributed by atoms with van der Waals surface area (Å²) >= 11 is 0. The van der Waals surface area contributed by atoms with E-state index in [1.807, 2.05) is 51.8 Å². The average Bonchev–Trinajstić information content (AvgIpc) is 3.32. The number of nitrogens with zero attached hydrogens (tertiary/aromatic N) is 4. The molecule has 4 rings (SSSR count). The number of imidazole rings is 1. The first kappa shape index (κ1) is 18.9. The lowest BCUT2D eigenvalue weighted by atomic mass is 10.0. The van der Waals surface area contributed by atoms with Crippen molar-refractivity contribution in [1.29, 1.82) is 0 Å². The molecule has 1 N–H and O–H groups in total. The molecule has 3 heterocycles.